The molecule has 0 aliphatic rings. The van der Waals surface area contributed by atoms with Crippen LogP contribution in [0.25, 0.3) is 0 Å². The summed E-state index contributed by atoms with van der Waals surface area (Å²) in [5.74, 6) is 1.71. The van der Waals surface area contributed by atoms with Crippen molar-refractivity contribution in [2.45, 2.75) is 0 Å². The molecule has 0 heterocycles. The summed E-state index contributed by atoms with van der Waals surface area (Å²) in [6.45, 7) is 0. The van der Waals surface area contributed by atoms with Gasteiger partial charge in [0.15, 0.2) is 0 Å². The lowest BCUT2D eigenvalue weighted by Gasteiger charge is -2.00. The third kappa shape index (κ3) is 4.21. The normalized spacial score (nSPS) is 9.71. The van der Waals surface area contributed by atoms with Crippen LogP contribution in [0, 0.1) is 11.8 Å². The lowest BCUT2D eigenvalue weighted by atomic mass is 10.0. The molecule has 2 aromatic carbocycles. The van der Waals surface area contributed by atoms with Crippen LogP contribution in [0.15, 0.2) is 40.9 Å². The second-order valence-corrected chi connectivity index (χ2v) is 5.61. The van der Waals surface area contributed by atoms with Crippen molar-refractivity contribution in [3.63, 3.8) is 0 Å². The minimum absolute atomic E-state index is 0.0409. The maximum absolute atomic E-state index is 11.1. The maximum Gasteiger partial charge on any atom is 0.335 e. The molecule has 6 nitrogen and oxygen atoms in total. The second kappa shape index (κ2) is 6.98. The molecular formula is C17H9BrO6. The number of rotatable bonds is 3. The van der Waals surface area contributed by atoms with Crippen molar-refractivity contribution in [3.8, 4) is 11.8 Å². The van der Waals surface area contributed by atoms with Crippen molar-refractivity contribution < 1.29 is 29.7 Å². The molecular weight excluding hydrogens is 380 g/mol. The highest BCUT2D eigenvalue weighted by Gasteiger charge is 2.10. The molecule has 0 spiro atoms. The summed E-state index contributed by atoms with van der Waals surface area (Å²) in [6.07, 6.45) is 0. The Morgan fingerprint density at radius 2 is 1.04 bits per heavy atom. The van der Waals surface area contributed by atoms with Crippen LogP contribution in [-0.4, -0.2) is 33.2 Å². The van der Waals surface area contributed by atoms with Crippen LogP contribution in [-0.2, 0) is 0 Å². The molecule has 7 heteroatoms. The quantitative estimate of drug-likeness (QED) is 0.696. The van der Waals surface area contributed by atoms with Gasteiger partial charge in [-0.3, -0.25) is 0 Å². The predicted molar refractivity (Wildman–Crippen MR) is 87.4 cm³/mol. The summed E-state index contributed by atoms with van der Waals surface area (Å²) in [7, 11) is 0. The standard InChI is InChI=1S/C17H9BrO6/c18-14-6-10(5-13(8-14)17(23)24)2-1-9-3-11(15(19)20)7-12(4-9)16(21)22/h3-8H,(H,19,20)(H,21,22)(H,23,24). The molecule has 0 aliphatic heterocycles. The summed E-state index contributed by atoms with van der Waals surface area (Å²) >= 11 is 3.18. The van der Waals surface area contributed by atoms with Gasteiger partial charge in [-0.05, 0) is 36.4 Å². The predicted octanol–water partition coefficient (Wildman–Crippen LogP) is 2.94. The van der Waals surface area contributed by atoms with Crippen LogP contribution in [0.4, 0.5) is 0 Å². The van der Waals surface area contributed by atoms with Crippen LogP contribution < -0.4 is 0 Å². The SMILES string of the molecule is O=C(O)c1cc(Br)cc(C#Cc2cc(C(=O)O)cc(C(=O)O)c2)c1. The van der Waals surface area contributed by atoms with E-state index in [-0.39, 0.29) is 22.3 Å². The van der Waals surface area contributed by atoms with Crippen molar-refractivity contribution in [1.82, 2.24) is 0 Å². The fourth-order valence-corrected chi connectivity index (χ4v) is 2.37. The maximum atomic E-state index is 11.1. The molecule has 120 valence electrons. The summed E-state index contributed by atoms with van der Waals surface area (Å²) in [5, 5.41) is 27.1. The van der Waals surface area contributed by atoms with Gasteiger partial charge in [0.1, 0.15) is 0 Å². The van der Waals surface area contributed by atoms with Gasteiger partial charge in [-0.15, -0.1) is 0 Å². The first-order valence-electron chi connectivity index (χ1n) is 6.44. The first kappa shape index (κ1) is 17.2. The molecule has 2 rings (SSSR count). The smallest absolute Gasteiger partial charge is 0.335 e. The van der Waals surface area contributed by atoms with Gasteiger partial charge in [0.05, 0.1) is 16.7 Å². The fourth-order valence-electron chi connectivity index (χ4n) is 1.88. The van der Waals surface area contributed by atoms with Gasteiger partial charge in [0, 0.05) is 15.6 Å². The first-order valence-corrected chi connectivity index (χ1v) is 7.23. The summed E-state index contributed by atoms with van der Waals surface area (Å²) in [4.78, 5) is 33.1. The van der Waals surface area contributed by atoms with Gasteiger partial charge in [-0.1, -0.05) is 27.8 Å². The number of carbonyl (C=O) groups is 3. The summed E-state index contributed by atoms with van der Waals surface area (Å²) < 4.78 is 0.525. The monoisotopic (exact) mass is 388 g/mol. The third-order valence-corrected chi connectivity index (χ3v) is 3.38. The Labute approximate surface area is 144 Å². The second-order valence-electron chi connectivity index (χ2n) is 4.69. The molecule has 0 saturated heterocycles. The van der Waals surface area contributed by atoms with Crippen LogP contribution in [0.2, 0.25) is 0 Å². The third-order valence-electron chi connectivity index (χ3n) is 2.92. The van der Waals surface area contributed by atoms with E-state index < -0.39 is 17.9 Å². The number of halogens is 1. The van der Waals surface area contributed by atoms with Gasteiger partial charge in [-0.2, -0.15) is 0 Å². The molecule has 0 amide bonds. The van der Waals surface area contributed by atoms with E-state index in [1.54, 1.807) is 6.07 Å². The molecule has 0 aliphatic carbocycles. The van der Waals surface area contributed by atoms with E-state index in [0.717, 1.165) is 6.07 Å². The van der Waals surface area contributed by atoms with E-state index in [9.17, 15) is 14.4 Å². The van der Waals surface area contributed by atoms with Gasteiger partial charge in [-0.25, -0.2) is 14.4 Å². The van der Waals surface area contributed by atoms with Crippen LogP contribution >= 0.6 is 15.9 Å². The van der Waals surface area contributed by atoms with Crippen molar-refractivity contribution in [1.29, 1.82) is 0 Å². The molecule has 2 aromatic rings. The molecule has 0 atom stereocenters. The Bertz CT molecular complexity index is 888. The summed E-state index contributed by atoms with van der Waals surface area (Å²) in [6, 6.07) is 7.91. The number of hydrogen-bond acceptors (Lipinski definition) is 3. The van der Waals surface area contributed by atoms with E-state index in [1.165, 1.54) is 24.3 Å². The zero-order valence-corrected chi connectivity index (χ0v) is 13.5. The highest BCUT2D eigenvalue weighted by Crippen LogP contribution is 2.16. The van der Waals surface area contributed by atoms with Crippen molar-refractivity contribution >= 4 is 33.8 Å². The van der Waals surface area contributed by atoms with Gasteiger partial charge in [0.25, 0.3) is 0 Å². The Balaban J connectivity index is 2.49. The summed E-state index contributed by atoms with van der Waals surface area (Å²) in [5.41, 5.74) is 0.238. The Hall–Kier alpha value is -3.11. The molecule has 0 aromatic heterocycles. The number of aromatic carboxylic acids is 3. The highest BCUT2D eigenvalue weighted by molar-refractivity contribution is 9.10. The van der Waals surface area contributed by atoms with Gasteiger partial charge in [0.2, 0.25) is 0 Å². The van der Waals surface area contributed by atoms with E-state index in [0.29, 0.717) is 10.0 Å². The number of carboxylic acid groups (broad SMARTS) is 3. The molecule has 0 fully saturated rings. The van der Waals surface area contributed by atoms with Crippen molar-refractivity contribution in [2.24, 2.45) is 0 Å². The number of benzene rings is 2. The van der Waals surface area contributed by atoms with Crippen LogP contribution in [0.5, 0.6) is 0 Å². The lowest BCUT2D eigenvalue weighted by molar-refractivity contribution is 0.0682. The highest BCUT2D eigenvalue weighted by atomic mass is 79.9. The Morgan fingerprint density at radius 1 is 0.667 bits per heavy atom. The average Bonchev–Trinajstić information content (AvgIpc) is 2.52. The van der Waals surface area contributed by atoms with E-state index >= 15 is 0 Å². The largest absolute Gasteiger partial charge is 0.478 e. The van der Waals surface area contributed by atoms with Gasteiger partial charge < -0.3 is 15.3 Å². The average molecular weight is 389 g/mol. The minimum Gasteiger partial charge on any atom is -0.478 e. The molecule has 0 bridgehead atoms. The zero-order chi connectivity index (χ0) is 17.9. The number of carboxylic acids is 3. The van der Waals surface area contributed by atoms with E-state index in [4.69, 9.17) is 15.3 Å². The molecule has 0 saturated carbocycles. The molecule has 24 heavy (non-hydrogen) atoms. The molecule has 0 radical (unpaired) electrons. The van der Waals surface area contributed by atoms with Crippen molar-refractivity contribution in [2.75, 3.05) is 0 Å². The van der Waals surface area contributed by atoms with Crippen LogP contribution in [0.3, 0.4) is 0 Å². The topological polar surface area (TPSA) is 112 Å². The fraction of sp³-hybridized carbons (Fsp3) is 0. The number of hydrogen-bond donors (Lipinski definition) is 3. The Morgan fingerprint density at radius 3 is 1.46 bits per heavy atom. The molecule has 3 N–H and O–H groups in total. The molecule has 0 unspecified atom stereocenters. The lowest BCUT2D eigenvalue weighted by Crippen LogP contribution is -2.03. The first-order chi connectivity index (χ1) is 11.3. The van der Waals surface area contributed by atoms with Gasteiger partial charge >= 0.3 is 17.9 Å². The van der Waals surface area contributed by atoms with E-state index in [1.807, 2.05) is 0 Å². The zero-order valence-electron chi connectivity index (χ0n) is 11.9. The van der Waals surface area contributed by atoms with E-state index in [2.05, 4.69) is 27.8 Å². The van der Waals surface area contributed by atoms with Crippen LogP contribution in [0.1, 0.15) is 42.2 Å². The van der Waals surface area contributed by atoms with Crippen molar-refractivity contribution in [3.05, 3.63) is 68.7 Å². The Kier molecular flexibility index (Phi) is 5.02. The minimum atomic E-state index is -1.27.